The van der Waals surface area contributed by atoms with E-state index < -0.39 is 10.0 Å². The highest BCUT2D eigenvalue weighted by Gasteiger charge is 2.27. The Labute approximate surface area is 168 Å². The molecule has 0 unspecified atom stereocenters. The largest absolute Gasteiger partial charge is 0.463 e. The highest BCUT2D eigenvalue weighted by molar-refractivity contribution is 7.89. The third-order valence-corrected chi connectivity index (χ3v) is 6.68. The van der Waals surface area contributed by atoms with Gasteiger partial charge in [-0.3, -0.25) is 9.78 Å². The standard InChI is InChI=1S/C20H20N4O4S/c25-20(23-14-17-19(22-10-9-21-17)18-4-3-13-28-18)15-5-7-16(8-6-15)29(26,27)24-11-1-2-12-24/h3-10,13H,1-2,11-12,14H2,(H,23,25). The van der Waals surface area contributed by atoms with Crippen LogP contribution in [-0.2, 0) is 16.6 Å². The van der Waals surface area contributed by atoms with Crippen LogP contribution in [0, 0.1) is 0 Å². The number of carbonyl (C=O) groups is 1. The van der Waals surface area contributed by atoms with Gasteiger partial charge in [0.15, 0.2) is 5.76 Å². The molecular weight excluding hydrogens is 392 g/mol. The van der Waals surface area contributed by atoms with Crippen LogP contribution >= 0.6 is 0 Å². The van der Waals surface area contributed by atoms with Gasteiger partial charge in [0.25, 0.3) is 5.91 Å². The van der Waals surface area contributed by atoms with Crippen LogP contribution in [0.5, 0.6) is 0 Å². The molecule has 0 radical (unpaired) electrons. The van der Waals surface area contributed by atoms with Crippen LogP contribution in [0.3, 0.4) is 0 Å². The molecule has 1 aliphatic heterocycles. The van der Waals surface area contributed by atoms with Gasteiger partial charge >= 0.3 is 0 Å². The average molecular weight is 412 g/mol. The number of rotatable bonds is 6. The van der Waals surface area contributed by atoms with Crippen LogP contribution in [0.2, 0.25) is 0 Å². The number of amides is 1. The smallest absolute Gasteiger partial charge is 0.251 e. The number of benzene rings is 1. The monoisotopic (exact) mass is 412 g/mol. The molecular formula is C20H20N4O4S. The number of carbonyl (C=O) groups excluding carboxylic acids is 1. The molecule has 0 saturated carbocycles. The van der Waals surface area contributed by atoms with E-state index in [1.807, 2.05) is 0 Å². The van der Waals surface area contributed by atoms with Crippen molar-refractivity contribution < 1.29 is 17.6 Å². The van der Waals surface area contributed by atoms with Crippen molar-refractivity contribution >= 4 is 15.9 Å². The predicted molar refractivity (Wildman–Crippen MR) is 105 cm³/mol. The van der Waals surface area contributed by atoms with Crippen molar-refractivity contribution in [2.24, 2.45) is 0 Å². The lowest BCUT2D eigenvalue weighted by Crippen LogP contribution is -2.28. The Hall–Kier alpha value is -3.04. The van der Waals surface area contributed by atoms with E-state index in [-0.39, 0.29) is 17.3 Å². The predicted octanol–water partition coefficient (Wildman–Crippen LogP) is 2.45. The van der Waals surface area contributed by atoms with E-state index >= 15 is 0 Å². The second-order valence-corrected chi connectivity index (χ2v) is 8.59. The van der Waals surface area contributed by atoms with E-state index in [4.69, 9.17) is 4.42 Å². The maximum absolute atomic E-state index is 12.6. The number of nitrogens with one attached hydrogen (secondary N) is 1. The lowest BCUT2D eigenvalue weighted by atomic mass is 10.2. The molecule has 29 heavy (non-hydrogen) atoms. The highest BCUT2D eigenvalue weighted by atomic mass is 32.2. The zero-order valence-corrected chi connectivity index (χ0v) is 16.4. The molecule has 1 aromatic carbocycles. The van der Waals surface area contributed by atoms with Gasteiger partial charge in [-0.25, -0.2) is 13.4 Å². The Balaban J connectivity index is 1.45. The summed E-state index contributed by atoms with van der Waals surface area (Å²) in [6, 6.07) is 9.50. The third-order valence-electron chi connectivity index (χ3n) is 4.76. The molecule has 8 nitrogen and oxygen atoms in total. The molecule has 2 aromatic heterocycles. The van der Waals surface area contributed by atoms with E-state index in [1.54, 1.807) is 30.8 Å². The quantitative estimate of drug-likeness (QED) is 0.667. The maximum atomic E-state index is 12.6. The fraction of sp³-hybridized carbons (Fsp3) is 0.250. The lowest BCUT2D eigenvalue weighted by molar-refractivity contribution is 0.0950. The molecule has 1 aliphatic rings. The summed E-state index contributed by atoms with van der Waals surface area (Å²) < 4.78 is 32.0. The van der Waals surface area contributed by atoms with Gasteiger partial charge in [-0.1, -0.05) is 0 Å². The minimum atomic E-state index is -3.49. The topological polar surface area (TPSA) is 105 Å². The highest BCUT2D eigenvalue weighted by Crippen LogP contribution is 2.22. The first-order valence-electron chi connectivity index (χ1n) is 9.28. The maximum Gasteiger partial charge on any atom is 0.251 e. The zero-order chi connectivity index (χ0) is 20.3. The van der Waals surface area contributed by atoms with E-state index in [2.05, 4.69) is 15.3 Å². The van der Waals surface area contributed by atoms with E-state index in [0.29, 0.717) is 35.8 Å². The number of furan rings is 1. The Bertz CT molecular complexity index is 1090. The molecule has 3 heterocycles. The molecule has 1 amide bonds. The molecule has 0 bridgehead atoms. The minimum absolute atomic E-state index is 0.163. The molecule has 1 fully saturated rings. The zero-order valence-electron chi connectivity index (χ0n) is 15.6. The van der Waals surface area contributed by atoms with Crippen molar-refractivity contribution in [3.05, 3.63) is 66.3 Å². The average Bonchev–Trinajstić information content (AvgIpc) is 3.47. The van der Waals surface area contributed by atoms with Crippen LogP contribution in [0.1, 0.15) is 28.9 Å². The molecule has 0 aliphatic carbocycles. The Morgan fingerprint density at radius 3 is 2.48 bits per heavy atom. The summed E-state index contributed by atoms with van der Waals surface area (Å²) in [4.78, 5) is 21.2. The molecule has 150 valence electrons. The van der Waals surface area contributed by atoms with Gasteiger partial charge in [-0.2, -0.15) is 4.31 Å². The minimum Gasteiger partial charge on any atom is -0.463 e. The van der Waals surface area contributed by atoms with Crippen molar-refractivity contribution in [1.29, 1.82) is 0 Å². The number of nitrogens with zero attached hydrogens (tertiary/aromatic N) is 3. The first kappa shape index (κ1) is 19.3. The Morgan fingerprint density at radius 2 is 1.79 bits per heavy atom. The van der Waals surface area contributed by atoms with E-state index in [0.717, 1.165) is 12.8 Å². The van der Waals surface area contributed by atoms with E-state index in [9.17, 15) is 13.2 Å². The van der Waals surface area contributed by atoms with Crippen LogP contribution in [0.25, 0.3) is 11.5 Å². The summed E-state index contributed by atoms with van der Waals surface area (Å²) in [5.41, 5.74) is 1.50. The summed E-state index contributed by atoms with van der Waals surface area (Å²) >= 11 is 0. The number of hydrogen-bond acceptors (Lipinski definition) is 6. The van der Waals surface area contributed by atoms with Gasteiger partial charge in [0.2, 0.25) is 10.0 Å². The van der Waals surface area contributed by atoms with Crippen LogP contribution in [0.4, 0.5) is 0 Å². The van der Waals surface area contributed by atoms with E-state index in [1.165, 1.54) is 28.6 Å². The van der Waals surface area contributed by atoms with Crippen molar-refractivity contribution in [3.63, 3.8) is 0 Å². The fourth-order valence-corrected chi connectivity index (χ4v) is 4.75. The summed E-state index contributed by atoms with van der Waals surface area (Å²) in [6.07, 6.45) is 6.41. The summed E-state index contributed by atoms with van der Waals surface area (Å²) in [5, 5.41) is 2.79. The summed E-state index contributed by atoms with van der Waals surface area (Å²) in [6.45, 7) is 1.25. The van der Waals surface area contributed by atoms with Gasteiger partial charge in [0, 0.05) is 31.0 Å². The van der Waals surface area contributed by atoms with Crippen molar-refractivity contribution in [3.8, 4) is 11.5 Å². The molecule has 1 saturated heterocycles. The molecule has 0 atom stereocenters. The van der Waals surface area contributed by atoms with Crippen LogP contribution < -0.4 is 5.32 Å². The SMILES string of the molecule is O=C(NCc1nccnc1-c1ccco1)c1ccc(S(=O)(=O)N2CCCC2)cc1. The van der Waals surface area contributed by atoms with Gasteiger partial charge in [-0.15, -0.1) is 0 Å². The van der Waals surface area contributed by atoms with Gasteiger partial charge in [0.1, 0.15) is 5.69 Å². The van der Waals surface area contributed by atoms with Crippen molar-refractivity contribution in [2.75, 3.05) is 13.1 Å². The molecule has 9 heteroatoms. The van der Waals surface area contributed by atoms with Crippen LogP contribution in [-0.4, -0.2) is 41.7 Å². The Kier molecular flexibility index (Phi) is 5.41. The Morgan fingerprint density at radius 1 is 1.07 bits per heavy atom. The normalized spacial score (nSPS) is 14.8. The second-order valence-electron chi connectivity index (χ2n) is 6.65. The number of aromatic nitrogens is 2. The number of sulfonamides is 1. The van der Waals surface area contributed by atoms with Gasteiger partial charge in [0.05, 0.1) is 23.4 Å². The van der Waals surface area contributed by atoms with Gasteiger partial charge < -0.3 is 9.73 Å². The van der Waals surface area contributed by atoms with Crippen molar-refractivity contribution in [2.45, 2.75) is 24.3 Å². The first-order chi connectivity index (χ1) is 14.1. The third kappa shape index (κ3) is 4.06. The molecule has 3 aromatic rings. The number of hydrogen-bond donors (Lipinski definition) is 1. The first-order valence-corrected chi connectivity index (χ1v) is 10.7. The molecule has 0 spiro atoms. The fourth-order valence-electron chi connectivity index (χ4n) is 3.24. The van der Waals surface area contributed by atoms with Gasteiger partial charge in [-0.05, 0) is 49.2 Å². The van der Waals surface area contributed by atoms with Crippen molar-refractivity contribution in [1.82, 2.24) is 19.6 Å². The molecule has 4 rings (SSSR count). The summed E-state index contributed by atoms with van der Waals surface area (Å²) in [5.74, 6) is 0.241. The van der Waals surface area contributed by atoms with Crippen LogP contribution in [0.15, 0.2) is 64.4 Å². The summed E-state index contributed by atoms with van der Waals surface area (Å²) in [7, 11) is -3.49. The molecule has 1 N–H and O–H groups in total. The second kappa shape index (κ2) is 8.14. The lowest BCUT2D eigenvalue weighted by Gasteiger charge is -2.15.